The first-order valence-electron chi connectivity index (χ1n) is 6.82. The van der Waals surface area contributed by atoms with Crippen molar-refractivity contribution in [2.45, 2.75) is 26.8 Å². The van der Waals surface area contributed by atoms with Crippen LogP contribution in [0.4, 0.5) is 0 Å². The lowest BCUT2D eigenvalue weighted by atomic mass is 10.1. The highest BCUT2D eigenvalue weighted by Gasteiger charge is 2.17. The van der Waals surface area contributed by atoms with E-state index in [2.05, 4.69) is 4.90 Å². The molecule has 1 N–H and O–H groups in total. The number of phenolic OH excluding ortho intramolecular Hbond substituents is 1. The molecule has 0 aromatic heterocycles. The molecule has 1 aliphatic heterocycles. The van der Waals surface area contributed by atoms with Crippen molar-refractivity contribution in [1.82, 2.24) is 9.80 Å². The number of nitrogens with zero attached hydrogens (tertiary/aromatic N) is 2. The van der Waals surface area contributed by atoms with Gasteiger partial charge in [0, 0.05) is 45.2 Å². The van der Waals surface area contributed by atoms with E-state index in [1.54, 1.807) is 13.0 Å². The molecule has 19 heavy (non-hydrogen) atoms. The number of hydrogen-bond donors (Lipinski definition) is 1. The maximum absolute atomic E-state index is 11.4. The second kappa shape index (κ2) is 6.06. The summed E-state index contributed by atoms with van der Waals surface area (Å²) in [4.78, 5) is 15.6. The molecule has 0 saturated carbocycles. The van der Waals surface area contributed by atoms with Gasteiger partial charge < -0.3 is 10.0 Å². The summed E-state index contributed by atoms with van der Waals surface area (Å²) in [6.45, 7) is 7.86. The van der Waals surface area contributed by atoms with E-state index < -0.39 is 0 Å². The van der Waals surface area contributed by atoms with Gasteiger partial charge in [0.25, 0.3) is 0 Å². The number of carbonyl (C=O) groups is 1. The van der Waals surface area contributed by atoms with Crippen LogP contribution in [0.25, 0.3) is 0 Å². The number of rotatable bonds is 2. The maximum atomic E-state index is 11.4. The Kier molecular flexibility index (Phi) is 4.43. The number of amides is 1. The second-order valence-electron chi connectivity index (χ2n) is 5.27. The zero-order valence-electron chi connectivity index (χ0n) is 11.7. The van der Waals surface area contributed by atoms with Gasteiger partial charge in [-0.05, 0) is 19.4 Å². The molecule has 1 aromatic carbocycles. The number of phenols is 1. The molecule has 1 aromatic rings. The molecule has 0 spiro atoms. The SMILES string of the molecule is CC(=O)N1CCCN(Cc2cc(C)ccc2O)CC1. The monoisotopic (exact) mass is 262 g/mol. The van der Waals surface area contributed by atoms with Gasteiger partial charge in [-0.25, -0.2) is 0 Å². The zero-order chi connectivity index (χ0) is 13.8. The van der Waals surface area contributed by atoms with Gasteiger partial charge in [0.05, 0.1) is 0 Å². The standard InChI is InChI=1S/C15H22N2O2/c1-12-4-5-15(19)14(10-12)11-16-6-3-7-17(9-8-16)13(2)18/h4-5,10,19H,3,6-9,11H2,1-2H3. The van der Waals surface area contributed by atoms with Crippen LogP contribution >= 0.6 is 0 Å². The first-order chi connectivity index (χ1) is 9.06. The Bertz CT molecular complexity index is 459. The van der Waals surface area contributed by atoms with Crippen molar-refractivity contribution in [3.8, 4) is 5.75 Å². The van der Waals surface area contributed by atoms with E-state index in [9.17, 15) is 9.90 Å². The smallest absolute Gasteiger partial charge is 0.219 e. The summed E-state index contributed by atoms with van der Waals surface area (Å²) >= 11 is 0. The Labute approximate surface area is 114 Å². The van der Waals surface area contributed by atoms with Crippen LogP contribution in [0.3, 0.4) is 0 Å². The molecule has 4 heteroatoms. The minimum atomic E-state index is 0.153. The van der Waals surface area contributed by atoms with Gasteiger partial charge in [-0.3, -0.25) is 9.69 Å². The predicted octanol–water partition coefficient (Wildman–Crippen LogP) is 1.75. The Morgan fingerprint density at radius 1 is 1.26 bits per heavy atom. The van der Waals surface area contributed by atoms with E-state index in [-0.39, 0.29) is 5.91 Å². The minimum absolute atomic E-state index is 0.153. The summed E-state index contributed by atoms with van der Waals surface area (Å²) in [5.74, 6) is 0.513. The summed E-state index contributed by atoms with van der Waals surface area (Å²) in [7, 11) is 0. The number of carbonyl (C=O) groups excluding carboxylic acids is 1. The van der Waals surface area contributed by atoms with Crippen molar-refractivity contribution >= 4 is 5.91 Å². The van der Waals surface area contributed by atoms with E-state index in [0.717, 1.165) is 50.3 Å². The highest BCUT2D eigenvalue weighted by Crippen LogP contribution is 2.20. The van der Waals surface area contributed by atoms with Crippen LogP contribution < -0.4 is 0 Å². The largest absolute Gasteiger partial charge is 0.508 e. The molecule has 0 unspecified atom stereocenters. The molecule has 0 bridgehead atoms. The summed E-state index contributed by atoms with van der Waals surface area (Å²) < 4.78 is 0. The van der Waals surface area contributed by atoms with Crippen molar-refractivity contribution in [3.05, 3.63) is 29.3 Å². The number of hydrogen-bond acceptors (Lipinski definition) is 3. The van der Waals surface area contributed by atoms with Gasteiger partial charge in [-0.2, -0.15) is 0 Å². The average molecular weight is 262 g/mol. The van der Waals surface area contributed by atoms with Crippen LogP contribution in [-0.2, 0) is 11.3 Å². The maximum Gasteiger partial charge on any atom is 0.219 e. The molecule has 0 atom stereocenters. The van der Waals surface area contributed by atoms with E-state index >= 15 is 0 Å². The van der Waals surface area contributed by atoms with Crippen LogP contribution in [-0.4, -0.2) is 47.0 Å². The van der Waals surface area contributed by atoms with Crippen molar-refractivity contribution in [2.75, 3.05) is 26.2 Å². The van der Waals surface area contributed by atoms with Crippen LogP contribution in [0.5, 0.6) is 5.75 Å². The van der Waals surface area contributed by atoms with E-state index in [4.69, 9.17) is 0 Å². The van der Waals surface area contributed by atoms with Crippen molar-refractivity contribution in [1.29, 1.82) is 0 Å². The Hall–Kier alpha value is -1.55. The summed E-state index contributed by atoms with van der Waals surface area (Å²) in [6.07, 6.45) is 0.992. The second-order valence-corrected chi connectivity index (χ2v) is 5.27. The van der Waals surface area contributed by atoms with E-state index in [0.29, 0.717) is 5.75 Å². The Morgan fingerprint density at radius 2 is 2.05 bits per heavy atom. The number of aromatic hydroxyl groups is 1. The van der Waals surface area contributed by atoms with Gasteiger partial charge in [0.1, 0.15) is 5.75 Å². The quantitative estimate of drug-likeness (QED) is 0.883. The van der Waals surface area contributed by atoms with Gasteiger partial charge in [-0.1, -0.05) is 17.7 Å². The molecule has 1 aliphatic rings. The Balaban J connectivity index is 1.99. The summed E-state index contributed by atoms with van der Waals surface area (Å²) in [6, 6.07) is 5.70. The Morgan fingerprint density at radius 3 is 2.79 bits per heavy atom. The van der Waals surface area contributed by atoms with E-state index in [1.807, 2.05) is 24.0 Å². The lowest BCUT2D eigenvalue weighted by Gasteiger charge is -2.21. The highest BCUT2D eigenvalue weighted by atomic mass is 16.3. The van der Waals surface area contributed by atoms with Crippen LogP contribution in [0, 0.1) is 6.92 Å². The van der Waals surface area contributed by atoms with Crippen LogP contribution in [0.15, 0.2) is 18.2 Å². The summed E-state index contributed by atoms with van der Waals surface area (Å²) in [5.41, 5.74) is 2.13. The molecule has 0 aliphatic carbocycles. The lowest BCUT2D eigenvalue weighted by molar-refractivity contribution is -0.128. The first kappa shape index (κ1) is 13.9. The molecule has 4 nitrogen and oxygen atoms in total. The first-order valence-corrected chi connectivity index (χ1v) is 6.82. The molecular weight excluding hydrogens is 240 g/mol. The predicted molar refractivity (Wildman–Crippen MR) is 75.0 cm³/mol. The third kappa shape index (κ3) is 3.70. The normalized spacial score (nSPS) is 17.3. The minimum Gasteiger partial charge on any atom is -0.508 e. The molecular formula is C15H22N2O2. The molecule has 1 amide bonds. The number of aryl methyl sites for hydroxylation is 1. The van der Waals surface area contributed by atoms with Crippen LogP contribution in [0.2, 0.25) is 0 Å². The fourth-order valence-electron chi connectivity index (χ4n) is 2.53. The van der Waals surface area contributed by atoms with Crippen molar-refractivity contribution < 1.29 is 9.90 Å². The lowest BCUT2D eigenvalue weighted by Crippen LogP contribution is -2.33. The zero-order valence-corrected chi connectivity index (χ0v) is 11.7. The van der Waals surface area contributed by atoms with Gasteiger partial charge in [0.2, 0.25) is 5.91 Å². The molecule has 0 radical (unpaired) electrons. The average Bonchev–Trinajstić information content (AvgIpc) is 2.59. The molecule has 104 valence electrons. The topological polar surface area (TPSA) is 43.8 Å². The fourth-order valence-corrected chi connectivity index (χ4v) is 2.53. The van der Waals surface area contributed by atoms with Gasteiger partial charge in [-0.15, -0.1) is 0 Å². The molecule has 1 heterocycles. The van der Waals surface area contributed by atoms with Crippen molar-refractivity contribution in [2.24, 2.45) is 0 Å². The molecule has 2 rings (SSSR count). The highest BCUT2D eigenvalue weighted by molar-refractivity contribution is 5.73. The number of benzene rings is 1. The van der Waals surface area contributed by atoms with Crippen LogP contribution in [0.1, 0.15) is 24.5 Å². The third-order valence-electron chi connectivity index (χ3n) is 3.66. The van der Waals surface area contributed by atoms with Gasteiger partial charge >= 0.3 is 0 Å². The fraction of sp³-hybridized carbons (Fsp3) is 0.533. The molecule has 1 fully saturated rings. The molecule has 1 saturated heterocycles. The van der Waals surface area contributed by atoms with Crippen molar-refractivity contribution in [3.63, 3.8) is 0 Å². The van der Waals surface area contributed by atoms with Gasteiger partial charge in [0.15, 0.2) is 0 Å². The van der Waals surface area contributed by atoms with E-state index in [1.165, 1.54) is 0 Å². The summed E-state index contributed by atoms with van der Waals surface area (Å²) in [5, 5.41) is 9.88. The third-order valence-corrected chi connectivity index (χ3v) is 3.66.